The highest BCUT2D eigenvalue weighted by molar-refractivity contribution is 5.82. The van der Waals surface area contributed by atoms with Gasteiger partial charge in [-0.2, -0.15) is 0 Å². The lowest BCUT2D eigenvalue weighted by Crippen LogP contribution is -2.19. The van der Waals surface area contributed by atoms with Crippen molar-refractivity contribution in [3.05, 3.63) is 12.7 Å². The van der Waals surface area contributed by atoms with Crippen LogP contribution in [0, 0.1) is 0 Å². The fourth-order valence-electron chi connectivity index (χ4n) is 2.62. The molecular formula is C13H17N5O. The predicted octanol–water partition coefficient (Wildman–Crippen LogP) is 1.75. The molecule has 0 bridgehead atoms. The first-order chi connectivity index (χ1) is 9.42. The third-order valence-corrected chi connectivity index (χ3v) is 3.82. The van der Waals surface area contributed by atoms with Crippen molar-refractivity contribution in [3.8, 4) is 0 Å². The molecule has 1 N–H and O–H groups in total. The third kappa shape index (κ3) is 2.06. The minimum absolute atomic E-state index is 0.301. The predicted molar refractivity (Wildman–Crippen MR) is 71.1 cm³/mol. The van der Waals surface area contributed by atoms with E-state index in [4.69, 9.17) is 4.74 Å². The van der Waals surface area contributed by atoms with Crippen LogP contribution in [0.2, 0.25) is 0 Å². The number of nitrogens with one attached hydrogen (secondary N) is 1. The highest BCUT2D eigenvalue weighted by atomic mass is 16.5. The monoisotopic (exact) mass is 259 g/mol. The summed E-state index contributed by atoms with van der Waals surface area (Å²) < 4.78 is 7.77. The molecule has 0 amide bonds. The van der Waals surface area contributed by atoms with Gasteiger partial charge in [-0.1, -0.05) is 0 Å². The van der Waals surface area contributed by atoms with Gasteiger partial charge < -0.3 is 14.6 Å². The van der Waals surface area contributed by atoms with Crippen molar-refractivity contribution in [2.45, 2.75) is 37.8 Å². The summed E-state index contributed by atoms with van der Waals surface area (Å²) in [4.78, 5) is 13.1. The average molecular weight is 259 g/mol. The molecule has 2 aromatic heterocycles. The summed E-state index contributed by atoms with van der Waals surface area (Å²) in [5.41, 5.74) is 1.81. The number of fused-ring (bicyclic) bond motifs is 1. The van der Waals surface area contributed by atoms with Gasteiger partial charge in [-0.15, -0.1) is 0 Å². The van der Waals surface area contributed by atoms with Gasteiger partial charge in [-0.05, 0) is 25.7 Å². The summed E-state index contributed by atoms with van der Waals surface area (Å²) in [7, 11) is 0. The second kappa shape index (κ2) is 4.45. The number of nitrogens with zero attached hydrogens (tertiary/aromatic N) is 4. The molecule has 6 heteroatoms. The molecule has 2 fully saturated rings. The molecule has 0 radical (unpaired) electrons. The maximum absolute atomic E-state index is 5.61. The smallest absolute Gasteiger partial charge is 0.165 e. The van der Waals surface area contributed by atoms with Gasteiger partial charge >= 0.3 is 0 Å². The summed E-state index contributed by atoms with van der Waals surface area (Å²) in [6, 6.07) is 0.589. The van der Waals surface area contributed by atoms with Crippen LogP contribution in [0.4, 0.5) is 5.82 Å². The topological polar surface area (TPSA) is 64.9 Å². The van der Waals surface area contributed by atoms with Crippen molar-refractivity contribution in [3.63, 3.8) is 0 Å². The molecule has 19 heavy (non-hydrogen) atoms. The zero-order valence-corrected chi connectivity index (χ0v) is 10.7. The van der Waals surface area contributed by atoms with Gasteiger partial charge in [0, 0.05) is 19.2 Å². The lowest BCUT2D eigenvalue weighted by molar-refractivity contribution is 0.120. The average Bonchev–Trinajstić information content (AvgIpc) is 2.99. The maximum atomic E-state index is 5.61. The first-order valence-corrected chi connectivity index (χ1v) is 6.95. The normalized spacial score (nSPS) is 23.1. The molecule has 2 aromatic rings. The molecule has 0 spiro atoms. The van der Waals surface area contributed by atoms with E-state index < -0.39 is 0 Å². The standard InChI is InChI=1S/C13H17N5O/c1-2-10(19-5-1)6-14-12-11-13(16-7-15-12)18(8-17-11)9-3-4-9/h7-10H,1-6H2,(H,14,15,16). The van der Waals surface area contributed by atoms with E-state index in [1.54, 1.807) is 6.33 Å². The molecular weight excluding hydrogens is 242 g/mol. The van der Waals surface area contributed by atoms with Crippen LogP contribution in [0.25, 0.3) is 11.2 Å². The number of anilines is 1. The van der Waals surface area contributed by atoms with E-state index in [1.807, 2.05) is 6.33 Å². The van der Waals surface area contributed by atoms with Crippen molar-refractivity contribution >= 4 is 17.0 Å². The van der Waals surface area contributed by atoms with Crippen LogP contribution in [0.1, 0.15) is 31.7 Å². The van der Waals surface area contributed by atoms with E-state index in [0.717, 1.165) is 43.0 Å². The van der Waals surface area contributed by atoms with Gasteiger partial charge in [0.05, 0.1) is 12.4 Å². The summed E-state index contributed by atoms with van der Waals surface area (Å²) in [6.45, 7) is 1.67. The second-order valence-corrected chi connectivity index (χ2v) is 5.29. The van der Waals surface area contributed by atoms with E-state index >= 15 is 0 Å². The molecule has 6 nitrogen and oxygen atoms in total. The van der Waals surface area contributed by atoms with Crippen molar-refractivity contribution in [2.75, 3.05) is 18.5 Å². The number of imidazole rings is 1. The van der Waals surface area contributed by atoms with E-state index in [0.29, 0.717) is 12.1 Å². The van der Waals surface area contributed by atoms with Crippen LogP contribution in [0.5, 0.6) is 0 Å². The van der Waals surface area contributed by atoms with Crippen LogP contribution >= 0.6 is 0 Å². The van der Waals surface area contributed by atoms with Gasteiger partial charge in [0.1, 0.15) is 11.8 Å². The Hall–Kier alpha value is -1.69. The quantitative estimate of drug-likeness (QED) is 0.906. The summed E-state index contributed by atoms with van der Waals surface area (Å²) in [5, 5.41) is 3.35. The molecule has 1 saturated carbocycles. The zero-order valence-electron chi connectivity index (χ0n) is 10.7. The highest BCUT2D eigenvalue weighted by Gasteiger charge is 2.26. The SMILES string of the molecule is c1nc(NCC2CCCO2)c2ncn(C3CC3)c2n1. The third-order valence-electron chi connectivity index (χ3n) is 3.82. The number of hydrogen-bond donors (Lipinski definition) is 1. The van der Waals surface area contributed by atoms with Crippen LogP contribution in [-0.4, -0.2) is 38.8 Å². The van der Waals surface area contributed by atoms with Crippen LogP contribution in [-0.2, 0) is 4.74 Å². The number of aromatic nitrogens is 4. The van der Waals surface area contributed by atoms with Crippen molar-refractivity contribution in [2.24, 2.45) is 0 Å². The Kier molecular flexibility index (Phi) is 2.61. The maximum Gasteiger partial charge on any atom is 0.165 e. The highest BCUT2D eigenvalue weighted by Crippen LogP contribution is 2.37. The Bertz CT molecular complexity index is 586. The Morgan fingerprint density at radius 1 is 1.26 bits per heavy atom. The van der Waals surface area contributed by atoms with Crippen molar-refractivity contribution in [1.29, 1.82) is 0 Å². The molecule has 1 aliphatic heterocycles. The Morgan fingerprint density at radius 3 is 3.00 bits per heavy atom. The van der Waals surface area contributed by atoms with Gasteiger partial charge in [0.15, 0.2) is 11.5 Å². The second-order valence-electron chi connectivity index (χ2n) is 5.29. The molecule has 2 aliphatic rings. The first kappa shape index (κ1) is 11.2. The minimum atomic E-state index is 0.301. The van der Waals surface area contributed by atoms with E-state index in [1.165, 1.54) is 12.8 Å². The van der Waals surface area contributed by atoms with E-state index in [2.05, 4.69) is 24.8 Å². The molecule has 100 valence electrons. The molecule has 1 saturated heterocycles. The Morgan fingerprint density at radius 2 is 2.21 bits per heavy atom. The van der Waals surface area contributed by atoms with Crippen LogP contribution in [0.3, 0.4) is 0 Å². The molecule has 1 atom stereocenters. The molecule has 0 aromatic carbocycles. The van der Waals surface area contributed by atoms with Gasteiger partial charge in [-0.25, -0.2) is 15.0 Å². The van der Waals surface area contributed by atoms with Gasteiger partial charge in [-0.3, -0.25) is 0 Å². The fraction of sp³-hybridized carbons (Fsp3) is 0.615. The van der Waals surface area contributed by atoms with Gasteiger partial charge in [0.2, 0.25) is 0 Å². The minimum Gasteiger partial charge on any atom is -0.376 e. The number of rotatable bonds is 4. The zero-order chi connectivity index (χ0) is 12.7. The summed E-state index contributed by atoms with van der Waals surface area (Å²) in [6.07, 6.45) is 8.53. The molecule has 1 aliphatic carbocycles. The molecule has 3 heterocycles. The Labute approximate surface area is 111 Å². The lowest BCUT2D eigenvalue weighted by atomic mass is 10.2. The van der Waals surface area contributed by atoms with Crippen molar-refractivity contribution in [1.82, 2.24) is 19.5 Å². The van der Waals surface area contributed by atoms with Crippen molar-refractivity contribution < 1.29 is 4.74 Å². The molecule has 1 unspecified atom stereocenters. The van der Waals surface area contributed by atoms with E-state index in [9.17, 15) is 0 Å². The number of hydrogen-bond acceptors (Lipinski definition) is 5. The largest absolute Gasteiger partial charge is 0.376 e. The summed E-state index contributed by atoms with van der Waals surface area (Å²) >= 11 is 0. The fourth-order valence-corrected chi connectivity index (χ4v) is 2.62. The van der Waals surface area contributed by atoms with Crippen LogP contribution in [0.15, 0.2) is 12.7 Å². The number of ether oxygens (including phenoxy) is 1. The molecule has 4 rings (SSSR count). The van der Waals surface area contributed by atoms with Crippen LogP contribution < -0.4 is 5.32 Å². The lowest BCUT2D eigenvalue weighted by Gasteiger charge is -2.11. The first-order valence-electron chi connectivity index (χ1n) is 6.95. The van der Waals surface area contributed by atoms with E-state index in [-0.39, 0.29) is 0 Å². The summed E-state index contributed by atoms with van der Waals surface area (Å²) in [5.74, 6) is 0.819. The van der Waals surface area contributed by atoms with Gasteiger partial charge in [0.25, 0.3) is 0 Å². The Balaban J connectivity index is 1.58.